The van der Waals surface area contributed by atoms with Crippen molar-refractivity contribution in [2.75, 3.05) is 7.11 Å². The number of methoxy groups -OCH3 is 1. The number of nitrogens with one attached hydrogen (secondary N) is 1. The van der Waals surface area contributed by atoms with Gasteiger partial charge in [0, 0.05) is 10.8 Å². The highest BCUT2D eigenvalue weighted by atomic mass is 127. The SMILES string of the molecule is COC(=O)[C@@H](Cc1cccc(CI)c1)NC(N)=O. The Bertz CT molecular complexity index is 437. The fraction of sp³-hybridized carbons (Fsp3) is 0.333. The number of benzene rings is 1. The third-order valence-electron chi connectivity index (χ3n) is 2.39. The molecule has 1 aromatic rings. The van der Waals surface area contributed by atoms with Gasteiger partial charge < -0.3 is 15.8 Å². The molecule has 98 valence electrons. The maximum Gasteiger partial charge on any atom is 0.328 e. The third kappa shape index (κ3) is 4.52. The highest BCUT2D eigenvalue weighted by Crippen LogP contribution is 2.11. The number of rotatable bonds is 5. The second-order valence-electron chi connectivity index (χ2n) is 3.74. The van der Waals surface area contributed by atoms with Gasteiger partial charge in [0.2, 0.25) is 0 Å². The largest absolute Gasteiger partial charge is 0.467 e. The highest BCUT2D eigenvalue weighted by molar-refractivity contribution is 14.1. The molecule has 0 aliphatic heterocycles. The summed E-state index contributed by atoms with van der Waals surface area (Å²) < 4.78 is 5.52. The molecule has 1 atom stereocenters. The number of alkyl halides is 1. The number of urea groups is 1. The third-order valence-corrected chi connectivity index (χ3v) is 3.27. The molecule has 6 heteroatoms. The van der Waals surface area contributed by atoms with E-state index in [2.05, 4.69) is 32.6 Å². The van der Waals surface area contributed by atoms with E-state index >= 15 is 0 Å². The van der Waals surface area contributed by atoms with Gasteiger partial charge in [0.05, 0.1) is 7.11 Å². The maximum atomic E-state index is 11.5. The topological polar surface area (TPSA) is 81.4 Å². The summed E-state index contributed by atoms with van der Waals surface area (Å²) in [6.45, 7) is 0. The lowest BCUT2D eigenvalue weighted by molar-refractivity contribution is -0.142. The van der Waals surface area contributed by atoms with E-state index in [4.69, 9.17) is 5.73 Å². The van der Waals surface area contributed by atoms with Crippen molar-refractivity contribution in [3.63, 3.8) is 0 Å². The number of hydrogen-bond acceptors (Lipinski definition) is 3. The monoisotopic (exact) mass is 362 g/mol. The summed E-state index contributed by atoms with van der Waals surface area (Å²) in [4.78, 5) is 22.4. The van der Waals surface area contributed by atoms with Gasteiger partial charge in [-0.2, -0.15) is 0 Å². The van der Waals surface area contributed by atoms with Crippen molar-refractivity contribution in [2.45, 2.75) is 16.9 Å². The van der Waals surface area contributed by atoms with Gasteiger partial charge in [0.25, 0.3) is 0 Å². The predicted octanol–water partition coefficient (Wildman–Crippen LogP) is 1.37. The number of nitrogens with two attached hydrogens (primary N) is 1. The van der Waals surface area contributed by atoms with Crippen LogP contribution in [0.15, 0.2) is 24.3 Å². The molecule has 0 saturated heterocycles. The Balaban J connectivity index is 2.81. The van der Waals surface area contributed by atoms with Gasteiger partial charge in [0.1, 0.15) is 6.04 Å². The van der Waals surface area contributed by atoms with Crippen molar-refractivity contribution in [3.8, 4) is 0 Å². The van der Waals surface area contributed by atoms with Gasteiger partial charge in [-0.25, -0.2) is 9.59 Å². The van der Waals surface area contributed by atoms with E-state index < -0.39 is 18.0 Å². The lowest BCUT2D eigenvalue weighted by Crippen LogP contribution is -2.45. The Labute approximate surface area is 119 Å². The number of carbonyl (C=O) groups excluding carboxylic acids is 2. The van der Waals surface area contributed by atoms with Gasteiger partial charge in [0.15, 0.2) is 0 Å². The van der Waals surface area contributed by atoms with E-state index in [0.29, 0.717) is 6.42 Å². The van der Waals surface area contributed by atoms with Crippen LogP contribution in [0.2, 0.25) is 0 Å². The van der Waals surface area contributed by atoms with E-state index in [1.165, 1.54) is 7.11 Å². The molecule has 0 aromatic heterocycles. The van der Waals surface area contributed by atoms with Crippen molar-refractivity contribution in [1.82, 2.24) is 5.32 Å². The number of primary amides is 1. The van der Waals surface area contributed by atoms with E-state index in [-0.39, 0.29) is 0 Å². The molecule has 0 aliphatic rings. The van der Waals surface area contributed by atoms with Gasteiger partial charge >= 0.3 is 12.0 Å². The molecular weight excluding hydrogens is 347 g/mol. The van der Waals surface area contributed by atoms with E-state index in [9.17, 15) is 9.59 Å². The fourth-order valence-corrected chi connectivity index (χ4v) is 2.06. The van der Waals surface area contributed by atoms with Gasteiger partial charge in [-0.1, -0.05) is 46.9 Å². The van der Waals surface area contributed by atoms with E-state index in [1.807, 2.05) is 24.3 Å². The van der Waals surface area contributed by atoms with Crippen LogP contribution in [0.3, 0.4) is 0 Å². The fourth-order valence-electron chi connectivity index (χ4n) is 1.58. The molecule has 0 aliphatic carbocycles. The first-order valence-electron chi connectivity index (χ1n) is 5.34. The van der Waals surface area contributed by atoms with Crippen molar-refractivity contribution >= 4 is 34.6 Å². The second-order valence-corrected chi connectivity index (χ2v) is 4.50. The normalized spacial score (nSPS) is 11.7. The first kappa shape index (κ1) is 14.7. The molecule has 0 saturated carbocycles. The standard InChI is InChI=1S/C12H15IN2O3/c1-18-11(16)10(15-12(14)17)6-8-3-2-4-9(5-8)7-13/h2-5,10H,6-7H2,1H3,(H3,14,15,17)/t10-/m1/s1. The summed E-state index contributed by atoms with van der Waals surface area (Å²) in [5.74, 6) is -0.506. The average molecular weight is 362 g/mol. The summed E-state index contributed by atoms with van der Waals surface area (Å²) in [5, 5.41) is 2.38. The molecule has 1 rings (SSSR count). The van der Waals surface area contributed by atoms with Crippen LogP contribution in [0.25, 0.3) is 0 Å². The van der Waals surface area contributed by atoms with Crippen LogP contribution < -0.4 is 11.1 Å². The summed E-state index contributed by atoms with van der Waals surface area (Å²) in [6, 6.07) is 6.32. The van der Waals surface area contributed by atoms with Crippen LogP contribution in [0.4, 0.5) is 4.79 Å². The number of carbonyl (C=O) groups is 2. The minimum absolute atomic E-state index is 0.361. The highest BCUT2D eigenvalue weighted by Gasteiger charge is 2.20. The zero-order valence-corrected chi connectivity index (χ0v) is 12.1. The van der Waals surface area contributed by atoms with Gasteiger partial charge in [-0.3, -0.25) is 0 Å². The smallest absolute Gasteiger partial charge is 0.328 e. The Morgan fingerprint density at radius 1 is 1.44 bits per heavy atom. The van der Waals surface area contributed by atoms with Gasteiger partial charge in [-0.05, 0) is 11.1 Å². The molecule has 5 nitrogen and oxygen atoms in total. The Kier molecular flexibility index (Phi) is 5.90. The van der Waals surface area contributed by atoms with Crippen LogP contribution in [0, 0.1) is 0 Å². The molecule has 0 radical (unpaired) electrons. The molecule has 0 spiro atoms. The minimum atomic E-state index is -0.753. The quantitative estimate of drug-likeness (QED) is 0.472. The molecular formula is C12H15IN2O3. The zero-order valence-electron chi connectivity index (χ0n) is 9.98. The van der Waals surface area contributed by atoms with Crippen LogP contribution in [0.1, 0.15) is 11.1 Å². The summed E-state index contributed by atoms with van der Waals surface area (Å²) in [5.41, 5.74) is 7.15. The second kappa shape index (κ2) is 7.20. The molecule has 0 fully saturated rings. The minimum Gasteiger partial charge on any atom is -0.467 e. The summed E-state index contributed by atoms with van der Waals surface area (Å²) in [7, 11) is 1.28. The lowest BCUT2D eigenvalue weighted by Gasteiger charge is -2.15. The molecule has 0 unspecified atom stereocenters. The van der Waals surface area contributed by atoms with Crippen LogP contribution in [-0.2, 0) is 20.4 Å². The first-order chi connectivity index (χ1) is 8.56. The first-order valence-corrected chi connectivity index (χ1v) is 6.87. The van der Waals surface area contributed by atoms with Crippen LogP contribution in [-0.4, -0.2) is 25.2 Å². The molecule has 0 heterocycles. The Morgan fingerprint density at radius 2 is 2.11 bits per heavy atom. The predicted molar refractivity (Wildman–Crippen MR) is 76.4 cm³/mol. The number of hydrogen-bond donors (Lipinski definition) is 2. The molecule has 0 bridgehead atoms. The van der Waals surface area contributed by atoms with Crippen molar-refractivity contribution in [2.24, 2.45) is 5.73 Å². The Hall–Kier alpha value is -1.31. The number of ether oxygens (including phenoxy) is 1. The van der Waals surface area contributed by atoms with Gasteiger partial charge in [-0.15, -0.1) is 0 Å². The van der Waals surface area contributed by atoms with Crippen molar-refractivity contribution < 1.29 is 14.3 Å². The average Bonchev–Trinajstić information content (AvgIpc) is 2.36. The summed E-state index contributed by atoms with van der Waals surface area (Å²) >= 11 is 2.26. The van der Waals surface area contributed by atoms with E-state index in [0.717, 1.165) is 15.6 Å². The summed E-state index contributed by atoms with van der Waals surface area (Å²) in [6.07, 6.45) is 0.361. The number of halogens is 1. The zero-order chi connectivity index (χ0) is 13.5. The van der Waals surface area contributed by atoms with Crippen molar-refractivity contribution in [3.05, 3.63) is 35.4 Å². The van der Waals surface area contributed by atoms with E-state index in [1.54, 1.807) is 0 Å². The number of esters is 1. The Morgan fingerprint density at radius 3 is 2.67 bits per heavy atom. The van der Waals surface area contributed by atoms with Crippen molar-refractivity contribution in [1.29, 1.82) is 0 Å². The molecule has 2 amide bonds. The van der Waals surface area contributed by atoms with Crippen LogP contribution in [0.5, 0.6) is 0 Å². The molecule has 1 aromatic carbocycles. The van der Waals surface area contributed by atoms with Crippen LogP contribution >= 0.6 is 22.6 Å². The lowest BCUT2D eigenvalue weighted by atomic mass is 10.0. The molecule has 3 N–H and O–H groups in total. The number of amides is 2. The molecule has 18 heavy (non-hydrogen) atoms. The maximum absolute atomic E-state index is 11.5.